The minimum absolute atomic E-state index is 0.158. The van der Waals surface area contributed by atoms with Crippen molar-refractivity contribution >= 4 is 5.97 Å². The van der Waals surface area contributed by atoms with Crippen molar-refractivity contribution < 1.29 is 14.3 Å². The van der Waals surface area contributed by atoms with Crippen LogP contribution in [0.3, 0.4) is 0 Å². The van der Waals surface area contributed by atoms with Crippen LogP contribution in [0.25, 0.3) is 0 Å². The van der Waals surface area contributed by atoms with Crippen LogP contribution in [0.1, 0.15) is 75.2 Å². The number of unbranched alkanes of at least 4 members (excludes halogenated alkanes) is 2. The van der Waals surface area contributed by atoms with Crippen molar-refractivity contribution in [3.8, 4) is 0 Å². The molecule has 0 saturated heterocycles. The lowest BCUT2D eigenvalue weighted by Gasteiger charge is -2.17. The molecule has 3 nitrogen and oxygen atoms in total. The minimum Gasteiger partial charge on any atom is -0.456 e. The highest BCUT2D eigenvalue weighted by Crippen LogP contribution is 2.15. The van der Waals surface area contributed by atoms with Crippen molar-refractivity contribution in [2.45, 2.75) is 71.8 Å². The Hall–Kier alpha value is -1.35. The molecular weight excluding hydrogens is 300 g/mol. The predicted molar refractivity (Wildman–Crippen MR) is 99.4 cm³/mol. The summed E-state index contributed by atoms with van der Waals surface area (Å²) in [4.78, 5) is 12.4. The molecule has 1 rings (SSSR count). The van der Waals surface area contributed by atoms with Crippen LogP contribution >= 0.6 is 0 Å². The van der Waals surface area contributed by atoms with Crippen LogP contribution in [-0.4, -0.2) is 25.8 Å². The predicted octanol–water partition coefficient (Wildman–Crippen LogP) is 5.42. The van der Waals surface area contributed by atoms with Crippen molar-refractivity contribution in [1.82, 2.24) is 0 Å². The molecule has 24 heavy (non-hydrogen) atoms. The standard InChI is InChI=1S/C21H34O3/c1-5-6-11-18-12-9-13-19(15-18)21(22)24-20(16-23-4)14-8-7-10-17(2)3/h9,12-13,15,17,20H,5-8,10-11,14,16H2,1-4H3. The summed E-state index contributed by atoms with van der Waals surface area (Å²) < 4.78 is 10.9. The summed E-state index contributed by atoms with van der Waals surface area (Å²) >= 11 is 0. The summed E-state index contributed by atoms with van der Waals surface area (Å²) in [5.74, 6) is 0.485. The molecule has 3 heteroatoms. The van der Waals surface area contributed by atoms with Gasteiger partial charge >= 0.3 is 5.97 Å². The summed E-state index contributed by atoms with van der Waals surface area (Å²) in [7, 11) is 1.65. The Kier molecular flexibility index (Phi) is 10.4. The number of ether oxygens (including phenoxy) is 2. The highest BCUT2D eigenvalue weighted by molar-refractivity contribution is 5.89. The maximum Gasteiger partial charge on any atom is 0.338 e. The van der Waals surface area contributed by atoms with Gasteiger partial charge in [-0.2, -0.15) is 0 Å². The topological polar surface area (TPSA) is 35.5 Å². The van der Waals surface area contributed by atoms with Crippen LogP contribution in [-0.2, 0) is 15.9 Å². The van der Waals surface area contributed by atoms with E-state index in [9.17, 15) is 4.79 Å². The smallest absolute Gasteiger partial charge is 0.338 e. The molecule has 1 unspecified atom stereocenters. The average molecular weight is 335 g/mol. The van der Waals surface area contributed by atoms with Gasteiger partial charge in [0.05, 0.1) is 12.2 Å². The summed E-state index contributed by atoms with van der Waals surface area (Å²) in [6.45, 7) is 7.10. The average Bonchev–Trinajstić information content (AvgIpc) is 2.57. The third kappa shape index (κ3) is 8.49. The van der Waals surface area contributed by atoms with Crippen LogP contribution in [0.15, 0.2) is 24.3 Å². The largest absolute Gasteiger partial charge is 0.456 e. The van der Waals surface area contributed by atoms with Gasteiger partial charge < -0.3 is 9.47 Å². The van der Waals surface area contributed by atoms with Gasteiger partial charge in [-0.1, -0.05) is 52.2 Å². The Bertz CT molecular complexity index is 468. The first-order chi connectivity index (χ1) is 11.6. The number of rotatable bonds is 12. The first-order valence-electron chi connectivity index (χ1n) is 9.35. The summed E-state index contributed by atoms with van der Waals surface area (Å²) in [5, 5.41) is 0. The zero-order valence-electron chi connectivity index (χ0n) is 15.8. The summed E-state index contributed by atoms with van der Waals surface area (Å²) in [6, 6.07) is 7.81. The van der Waals surface area contributed by atoms with Crippen molar-refractivity contribution in [3.63, 3.8) is 0 Å². The van der Waals surface area contributed by atoms with E-state index in [1.54, 1.807) is 7.11 Å². The molecule has 0 aromatic heterocycles. The van der Waals surface area contributed by atoms with E-state index < -0.39 is 0 Å². The number of esters is 1. The fraction of sp³-hybridized carbons (Fsp3) is 0.667. The van der Waals surface area contributed by atoms with E-state index in [4.69, 9.17) is 9.47 Å². The van der Waals surface area contributed by atoms with Gasteiger partial charge in [-0.05, 0) is 49.3 Å². The van der Waals surface area contributed by atoms with Gasteiger partial charge in [0.2, 0.25) is 0 Å². The maximum absolute atomic E-state index is 12.4. The van der Waals surface area contributed by atoms with Crippen LogP contribution in [0.4, 0.5) is 0 Å². The van der Waals surface area contributed by atoms with E-state index in [0.29, 0.717) is 12.2 Å². The number of hydrogen-bond donors (Lipinski definition) is 0. The van der Waals surface area contributed by atoms with Crippen LogP contribution in [0.2, 0.25) is 0 Å². The van der Waals surface area contributed by atoms with Crippen molar-refractivity contribution in [2.24, 2.45) is 5.92 Å². The number of methoxy groups -OCH3 is 1. The van der Waals surface area contributed by atoms with E-state index in [1.165, 1.54) is 18.4 Å². The van der Waals surface area contributed by atoms with Crippen LogP contribution in [0, 0.1) is 5.92 Å². The lowest BCUT2D eigenvalue weighted by Crippen LogP contribution is -2.23. The van der Waals surface area contributed by atoms with Gasteiger partial charge in [0.15, 0.2) is 0 Å². The maximum atomic E-state index is 12.4. The normalized spacial score (nSPS) is 12.4. The Balaban J connectivity index is 2.54. The first kappa shape index (κ1) is 20.7. The molecule has 1 aromatic carbocycles. The SMILES string of the molecule is CCCCc1cccc(C(=O)OC(CCCCC(C)C)COC)c1. The number of aryl methyl sites for hydroxylation is 1. The molecule has 0 spiro atoms. The van der Waals surface area contributed by atoms with E-state index in [1.807, 2.05) is 18.2 Å². The Labute approximate surface area is 147 Å². The molecule has 0 saturated carbocycles. The van der Waals surface area contributed by atoms with Gasteiger partial charge in [0, 0.05) is 7.11 Å². The lowest BCUT2D eigenvalue weighted by atomic mass is 10.0. The third-order valence-corrected chi connectivity index (χ3v) is 4.17. The molecule has 136 valence electrons. The van der Waals surface area contributed by atoms with Crippen molar-refractivity contribution in [3.05, 3.63) is 35.4 Å². The van der Waals surface area contributed by atoms with E-state index in [-0.39, 0.29) is 12.1 Å². The second-order valence-corrected chi connectivity index (χ2v) is 6.96. The molecular formula is C21H34O3. The molecule has 0 radical (unpaired) electrons. The molecule has 0 aliphatic heterocycles. The Morgan fingerprint density at radius 1 is 1.12 bits per heavy atom. The van der Waals surface area contributed by atoms with E-state index in [2.05, 4.69) is 26.8 Å². The minimum atomic E-state index is -0.237. The van der Waals surface area contributed by atoms with Gasteiger partial charge in [0.25, 0.3) is 0 Å². The van der Waals surface area contributed by atoms with E-state index in [0.717, 1.165) is 38.0 Å². The number of carbonyl (C=O) groups is 1. The zero-order chi connectivity index (χ0) is 17.8. The number of hydrogen-bond acceptors (Lipinski definition) is 3. The Morgan fingerprint density at radius 2 is 1.88 bits per heavy atom. The van der Waals surface area contributed by atoms with Gasteiger partial charge in [-0.25, -0.2) is 4.79 Å². The second-order valence-electron chi connectivity index (χ2n) is 6.96. The van der Waals surface area contributed by atoms with Crippen molar-refractivity contribution in [2.75, 3.05) is 13.7 Å². The van der Waals surface area contributed by atoms with Crippen molar-refractivity contribution in [1.29, 1.82) is 0 Å². The molecule has 0 heterocycles. The Morgan fingerprint density at radius 3 is 2.54 bits per heavy atom. The molecule has 0 amide bonds. The second kappa shape index (κ2) is 12.1. The molecule has 1 atom stereocenters. The van der Waals surface area contributed by atoms with E-state index >= 15 is 0 Å². The summed E-state index contributed by atoms with van der Waals surface area (Å²) in [6.07, 6.45) is 7.46. The molecule has 1 aromatic rings. The highest BCUT2D eigenvalue weighted by Gasteiger charge is 2.16. The molecule has 0 aliphatic rings. The zero-order valence-corrected chi connectivity index (χ0v) is 15.8. The van der Waals surface area contributed by atoms with Gasteiger partial charge in [-0.3, -0.25) is 0 Å². The first-order valence-corrected chi connectivity index (χ1v) is 9.35. The van der Waals surface area contributed by atoms with Gasteiger partial charge in [-0.15, -0.1) is 0 Å². The lowest BCUT2D eigenvalue weighted by molar-refractivity contribution is 0.00230. The molecule has 0 fully saturated rings. The summed E-state index contributed by atoms with van der Waals surface area (Å²) in [5.41, 5.74) is 1.85. The quantitative estimate of drug-likeness (QED) is 0.378. The fourth-order valence-corrected chi connectivity index (χ4v) is 2.74. The molecule has 0 bridgehead atoms. The molecule has 0 N–H and O–H groups in total. The number of carbonyl (C=O) groups excluding carboxylic acids is 1. The van der Waals surface area contributed by atoms with Gasteiger partial charge in [0.1, 0.15) is 6.10 Å². The highest BCUT2D eigenvalue weighted by atomic mass is 16.6. The van der Waals surface area contributed by atoms with Crippen LogP contribution < -0.4 is 0 Å². The molecule has 0 aliphatic carbocycles. The van der Waals surface area contributed by atoms with Crippen LogP contribution in [0.5, 0.6) is 0 Å². The third-order valence-electron chi connectivity index (χ3n) is 4.17. The fourth-order valence-electron chi connectivity index (χ4n) is 2.74. The number of benzene rings is 1. The monoisotopic (exact) mass is 334 g/mol.